The van der Waals surface area contributed by atoms with E-state index < -0.39 is 6.69 Å². The van der Waals surface area contributed by atoms with Crippen LogP contribution in [0.1, 0.15) is 41.5 Å². The van der Waals surface area contributed by atoms with Gasteiger partial charge in [-0.25, -0.2) is 0 Å². The quantitative estimate of drug-likeness (QED) is 0.471. The highest BCUT2D eigenvalue weighted by Gasteiger charge is 2.37. The van der Waals surface area contributed by atoms with Crippen LogP contribution < -0.4 is 0 Å². The SMILES string of the molecule is CC(C)(C)C[Si](Cl)(Cl)CC(C)(C)C. The van der Waals surface area contributed by atoms with Gasteiger partial charge in [0.2, 0.25) is 0 Å². The molecule has 0 aliphatic heterocycles. The Hall–Kier alpha value is 0.797. The van der Waals surface area contributed by atoms with E-state index in [9.17, 15) is 0 Å². The average Bonchev–Trinajstić information content (AvgIpc) is 1.43. The highest BCUT2D eigenvalue weighted by Crippen LogP contribution is 2.41. The van der Waals surface area contributed by atoms with Crippen molar-refractivity contribution in [1.29, 1.82) is 0 Å². The molecule has 0 heterocycles. The molecule has 0 nitrogen and oxygen atoms in total. The summed E-state index contributed by atoms with van der Waals surface area (Å²) in [4.78, 5) is 0. The molecule has 0 atom stereocenters. The van der Waals surface area contributed by atoms with E-state index in [1.807, 2.05) is 0 Å². The maximum Gasteiger partial charge on any atom is 0.252 e. The molecule has 0 unspecified atom stereocenters. The van der Waals surface area contributed by atoms with Gasteiger partial charge >= 0.3 is 0 Å². The lowest BCUT2D eigenvalue weighted by atomic mass is 10.00. The first kappa shape index (κ1) is 13.8. The molecular formula is C10H22Cl2Si. The van der Waals surface area contributed by atoms with Crippen LogP contribution in [0.3, 0.4) is 0 Å². The van der Waals surface area contributed by atoms with Crippen molar-refractivity contribution in [2.24, 2.45) is 10.8 Å². The van der Waals surface area contributed by atoms with E-state index >= 15 is 0 Å². The van der Waals surface area contributed by atoms with Gasteiger partial charge in [0.05, 0.1) is 0 Å². The third kappa shape index (κ3) is 9.11. The van der Waals surface area contributed by atoms with Crippen LogP contribution >= 0.6 is 22.2 Å². The first-order chi connectivity index (χ1) is 5.41. The minimum absolute atomic E-state index is 0.251. The Bertz CT molecular complexity index is 145. The van der Waals surface area contributed by atoms with Crippen LogP contribution in [0.2, 0.25) is 12.1 Å². The van der Waals surface area contributed by atoms with Gasteiger partial charge in [-0.15, -0.1) is 22.2 Å². The van der Waals surface area contributed by atoms with E-state index in [-0.39, 0.29) is 10.8 Å². The molecule has 0 N–H and O–H groups in total. The monoisotopic (exact) mass is 240 g/mol. The van der Waals surface area contributed by atoms with Gasteiger partial charge in [0.1, 0.15) is 0 Å². The number of halogens is 2. The Kier molecular flexibility index (Phi) is 4.37. The summed E-state index contributed by atoms with van der Waals surface area (Å²) in [6.45, 7) is 11.1. The summed E-state index contributed by atoms with van der Waals surface area (Å²) in [5, 5.41) is 0. The fourth-order valence-electron chi connectivity index (χ4n) is 1.61. The van der Waals surface area contributed by atoms with Crippen LogP contribution in [-0.2, 0) is 0 Å². The van der Waals surface area contributed by atoms with Crippen LogP contribution in [0.5, 0.6) is 0 Å². The molecule has 0 amide bonds. The fourth-order valence-corrected chi connectivity index (χ4v) is 9.65. The van der Waals surface area contributed by atoms with Crippen LogP contribution in [0, 0.1) is 10.8 Å². The van der Waals surface area contributed by atoms with Gasteiger partial charge in [-0.2, -0.15) is 0 Å². The largest absolute Gasteiger partial charge is 0.252 e. The zero-order chi connectivity index (χ0) is 10.9. The molecule has 0 radical (unpaired) electrons. The van der Waals surface area contributed by atoms with Gasteiger partial charge in [-0.05, 0) is 22.9 Å². The summed E-state index contributed by atoms with van der Waals surface area (Å²) < 4.78 is 0. The van der Waals surface area contributed by atoms with E-state index in [1.54, 1.807) is 0 Å². The minimum Gasteiger partial charge on any atom is -0.146 e. The molecule has 0 saturated carbocycles. The van der Waals surface area contributed by atoms with Gasteiger partial charge in [0.25, 0.3) is 6.69 Å². The maximum atomic E-state index is 6.41. The normalized spacial score (nSPS) is 14.8. The molecule has 3 heteroatoms. The summed E-state index contributed by atoms with van der Waals surface area (Å²) in [6.07, 6.45) is 0. The van der Waals surface area contributed by atoms with Gasteiger partial charge in [0, 0.05) is 0 Å². The summed E-state index contributed by atoms with van der Waals surface area (Å²) in [5.41, 5.74) is 0.502. The molecule has 0 aromatic heterocycles. The van der Waals surface area contributed by atoms with Crippen LogP contribution in [0.4, 0.5) is 0 Å². The Morgan fingerprint density at radius 2 is 1.00 bits per heavy atom. The summed E-state index contributed by atoms with van der Waals surface area (Å²) in [5.74, 6) is 0. The molecule has 80 valence electrons. The Morgan fingerprint density at radius 1 is 0.769 bits per heavy atom. The van der Waals surface area contributed by atoms with Crippen molar-refractivity contribution in [2.45, 2.75) is 53.6 Å². The second-order valence-corrected chi connectivity index (χ2v) is 13.7. The predicted octanol–water partition coefficient (Wildman–Crippen LogP) is 5.00. The third-order valence-electron chi connectivity index (χ3n) is 1.58. The number of rotatable bonds is 2. The van der Waals surface area contributed by atoms with Crippen LogP contribution in [-0.4, -0.2) is 6.69 Å². The number of hydrogen-bond acceptors (Lipinski definition) is 0. The van der Waals surface area contributed by atoms with Crippen LogP contribution in [0.25, 0.3) is 0 Å². The van der Waals surface area contributed by atoms with Gasteiger partial charge < -0.3 is 0 Å². The molecule has 0 rings (SSSR count). The van der Waals surface area contributed by atoms with E-state index in [0.717, 1.165) is 12.1 Å². The minimum atomic E-state index is -2.03. The summed E-state index contributed by atoms with van der Waals surface area (Å²) in [7, 11) is 0. The van der Waals surface area contributed by atoms with E-state index in [1.165, 1.54) is 0 Å². The maximum absolute atomic E-state index is 6.41. The van der Waals surface area contributed by atoms with E-state index in [0.29, 0.717) is 0 Å². The molecule has 0 aromatic rings. The predicted molar refractivity (Wildman–Crippen MR) is 66.0 cm³/mol. The first-order valence-corrected chi connectivity index (χ1v) is 9.23. The Morgan fingerprint density at radius 3 is 1.15 bits per heavy atom. The van der Waals surface area contributed by atoms with Gasteiger partial charge in [-0.1, -0.05) is 41.5 Å². The first-order valence-electron chi connectivity index (χ1n) is 4.79. The average molecular weight is 241 g/mol. The molecule has 0 saturated heterocycles. The van der Waals surface area contributed by atoms with E-state index in [4.69, 9.17) is 22.2 Å². The highest BCUT2D eigenvalue weighted by atomic mass is 35.7. The lowest BCUT2D eigenvalue weighted by molar-refractivity contribution is 0.441. The van der Waals surface area contributed by atoms with E-state index in [2.05, 4.69) is 41.5 Å². The Balaban J connectivity index is 4.25. The van der Waals surface area contributed by atoms with Gasteiger partial charge in [0.15, 0.2) is 0 Å². The van der Waals surface area contributed by atoms with Crippen molar-refractivity contribution in [3.8, 4) is 0 Å². The zero-order valence-electron chi connectivity index (χ0n) is 9.67. The molecule has 0 aliphatic rings. The lowest BCUT2D eigenvalue weighted by Gasteiger charge is -2.31. The third-order valence-corrected chi connectivity index (χ3v) is 6.34. The molecule has 0 bridgehead atoms. The highest BCUT2D eigenvalue weighted by molar-refractivity contribution is 7.45. The van der Waals surface area contributed by atoms with Crippen molar-refractivity contribution < 1.29 is 0 Å². The molecule has 0 fully saturated rings. The lowest BCUT2D eigenvalue weighted by Crippen LogP contribution is -2.30. The van der Waals surface area contributed by atoms with Crippen molar-refractivity contribution in [3.05, 3.63) is 0 Å². The fraction of sp³-hybridized carbons (Fsp3) is 1.00. The number of hydrogen-bond donors (Lipinski definition) is 0. The van der Waals surface area contributed by atoms with Crippen LogP contribution in [0.15, 0.2) is 0 Å². The second-order valence-electron chi connectivity index (χ2n) is 6.33. The summed E-state index contributed by atoms with van der Waals surface area (Å²) in [6, 6.07) is 1.95. The standard InChI is InChI=1S/C10H22Cl2Si/c1-9(2,3)7-13(11,12)8-10(4,5)6/h7-8H2,1-6H3. The second kappa shape index (κ2) is 4.12. The molecule has 0 aromatic carbocycles. The topological polar surface area (TPSA) is 0 Å². The van der Waals surface area contributed by atoms with Gasteiger partial charge in [-0.3, -0.25) is 0 Å². The van der Waals surface area contributed by atoms with Crippen molar-refractivity contribution >= 4 is 28.9 Å². The zero-order valence-corrected chi connectivity index (χ0v) is 12.2. The summed E-state index contributed by atoms with van der Waals surface area (Å²) >= 11 is 12.8. The molecule has 0 aliphatic carbocycles. The van der Waals surface area contributed by atoms with Crippen molar-refractivity contribution in [1.82, 2.24) is 0 Å². The van der Waals surface area contributed by atoms with Crippen molar-refractivity contribution in [2.75, 3.05) is 0 Å². The molecule has 0 spiro atoms. The Labute approximate surface area is 93.4 Å². The van der Waals surface area contributed by atoms with Crippen molar-refractivity contribution in [3.63, 3.8) is 0 Å². The molecule has 13 heavy (non-hydrogen) atoms. The molecular weight excluding hydrogens is 219 g/mol. The smallest absolute Gasteiger partial charge is 0.146 e.